The number of benzene rings is 1. The van der Waals surface area contributed by atoms with Gasteiger partial charge in [-0.05, 0) is 64.2 Å². The number of carbonyl (C=O) groups excluding carboxylic acids is 2. The summed E-state index contributed by atoms with van der Waals surface area (Å²) in [5.74, 6) is -0.219. The third-order valence-corrected chi connectivity index (χ3v) is 5.22. The summed E-state index contributed by atoms with van der Waals surface area (Å²) in [6, 6.07) is 6.28. The Balaban J connectivity index is 1.82. The van der Waals surface area contributed by atoms with Crippen LogP contribution in [0.3, 0.4) is 0 Å². The highest BCUT2D eigenvalue weighted by Gasteiger charge is 2.42. The molecular formula is C21H29FN2O3. The maximum atomic E-state index is 13.6. The first-order valence-electron chi connectivity index (χ1n) is 9.78. The summed E-state index contributed by atoms with van der Waals surface area (Å²) in [6.45, 7) is 6.61. The lowest BCUT2D eigenvalue weighted by Crippen LogP contribution is -2.57. The molecular weight excluding hydrogens is 347 g/mol. The van der Waals surface area contributed by atoms with Gasteiger partial charge in [0.05, 0.1) is 12.1 Å². The highest BCUT2D eigenvalue weighted by atomic mass is 19.1. The quantitative estimate of drug-likeness (QED) is 0.781. The van der Waals surface area contributed by atoms with Crippen LogP contribution in [-0.2, 0) is 16.1 Å². The molecule has 2 saturated heterocycles. The summed E-state index contributed by atoms with van der Waals surface area (Å²) in [6.07, 6.45) is 3.37. The van der Waals surface area contributed by atoms with E-state index in [0.717, 1.165) is 31.2 Å². The molecule has 0 saturated carbocycles. The van der Waals surface area contributed by atoms with Crippen LogP contribution in [0.4, 0.5) is 9.18 Å². The van der Waals surface area contributed by atoms with E-state index >= 15 is 0 Å². The zero-order valence-corrected chi connectivity index (χ0v) is 16.4. The molecule has 27 heavy (non-hydrogen) atoms. The Kier molecular flexibility index (Phi) is 5.72. The molecule has 0 N–H and O–H groups in total. The van der Waals surface area contributed by atoms with Gasteiger partial charge >= 0.3 is 6.09 Å². The van der Waals surface area contributed by atoms with Gasteiger partial charge in [0.1, 0.15) is 11.4 Å². The van der Waals surface area contributed by atoms with E-state index < -0.39 is 5.60 Å². The number of hydrogen-bond acceptors (Lipinski definition) is 3. The number of rotatable bonds is 2. The smallest absolute Gasteiger partial charge is 0.410 e. The second-order valence-corrected chi connectivity index (χ2v) is 8.49. The predicted octanol–water partition coefficient (Wildman–Crippen LogP) is 4.11. The normalized spacial score (nSPS) is 23.6. The summed E-state index contributed by atoms with van der Waals surface area (Å²) < 4.78 is 19.2. The van der Waals surface area contributed by atoms with E-state index in [1.54, 1.807) is 11.0 Å². The van der Waals surface area contributed by atoms with E-state index in [2.05, 4.69) is 0 Å². The van der Waals surface area contributed by atoms with Gasteiger partial charge in [0.15, 0.2) is 0 Å². The molecule has 6 heteroatoms. The van der Waals surface area contributed by atoms with Crippen molar-refractivity contribution in [2.24, 2.45) is 0 Å². The first-order valence-corrected chi connectivity index (χ1v) is 9.78. The molecule has 0 bridgehead atoms. The van der Waals surface area contributed by atoms with Crippen molar-refractivity contribution < 1.29 is 18.7 Å². The molecule has 0 radical (unpaired) electrons. The molecule has 148 valence electrons. The number of likely N-dealkylation sites (tertiary alicyclic amines) is 2. The van der Waals surface area contributed by atoms with E-state index in [9.17, 15) is 14.0 Å². The highest BCUT2D eigenvalue weighted by Crippen LogP contribution is 2.32. The third kappa shape index (κ3) is 4.79. The standard InChI is InChI=1S/C21H29FN2O3/c1-21(2,3)27-20(26)23-12-6-10-18-17(23)9-5-11-19(25)24(18)14-15-7-4-8-16(22)13-15/h4,7-8,13,17-18H,5-6,9-12,14H2,1-3H3. The first-order chi connectivity index (χ1) is 12.7. The summed E-state index contributed by atoms with van der Waals surface area (Å²) in [4.78, 5) is 29.1. The monoisotopic (exact) mass is 376 g/mol. The first kappa shape index (κ1) is 19.6. The van der Waals surface area contributed by atoms with Gasteiger partial charge in [-0.25, -0.2) is 9.18 Å². The minimum absolute atomic E-state index is 0.0476. The van der Waals surface area contributed by atoms with Gasteiger partial charge in [-0.1, -0.05) is 12.1 Å². The predicted molar refractivity (Wildman–Crippen MR) is 101 cm³/mol. The molecule has 2 aliphatic heterocycles. The minimum atomic E-state index is -0.550. The molecule has 2 amide bonds. The maximum Gasteiger partial charge on any atom is 0.410 e. The van der Waals surface area contributed by atoms with Gasteiger partial charge in [0, 0.05) is 19.5 Å². The molecule has 2 unspecified atom stereocenters. The summed E-state index contributed by atoms with van der Waals surface area (Å²) >= 11 is 0. The van der Waals surface area contributed by atoms with Gasteiger partial charge in [-0.3, -0.25) is 4.79 Å². The summed E-state index contributed by atoms with van der Waals surface area (Å²) in [7, 11) is 0. The van der Waals surface area contributed by atoms with Crippen LogP contribution in [0.15, 0.2) is 24.3 Å². The van der Waals surface area contributed by atoms with Gasteiger partial charge < -0.3 is 14.5 Å². The molecule has 0 spiro atoms. The van der Waals surface area contributed by atoms with Crippen molar-refractivity contribution in [3.63, 3.8) is 0 Å². The van der Waals surface area contributed by atoms with Gasteiger partial charge in [-0.15, -0.1) is 0 Å². The van der Waals surface area contributed by atoms with Crippen molar-refractivity contribution >= 4 is 12.0 Å². The topological polar surface area (TPSA) is 49.9 Å². The Morgan fingerprint density at radius 3 is 2.67 bits per heavy atom. The number of piperidine rings is 1. The number of carbonyl (C=O) groups is 2. The van der Waals surface area contributed by atoms with E-state index in [0.29, 0.717) is 19.5 Å². The Morgan fingerprint density at radius 1 is 1.22 bits per heavy atom. The molecule has 2 aliphatic rings. The molecule has 0 aromatic heterocycles. The lowest BCUT2D eigenvalue weighted by molar-refractivity contribution is -0.135. The van der Waals surface area contributed by atoms with Crippen molar-refractivity contribution in [2.45, 2.75) is 77.1 Å². The molecule has 1 aromatic carbocycles. The fraction of sp³-hybridized carbons (Fsp3) is 0.619. The zero-order chi connectivity index (χ0) is 19.6. The van der Waals surface area contributed by atoms with Crippen LogP contribution < -0.4 is 0 Å². The van der Waals surface area contributed by atoms with Crippen LogP contribution >= 0.6 is 0 Å². The van der Waals surface area contributed by atoms with Crippen molar-refractivity contribution in [1.82, 2.24) is 9.80 Å². The van der Waals surface area contributed by atoms with E-state index in [1.165, 1.54) is 12.1 Å². The molecule has 2 atom stereocenters. The van der Waals surface area contributed by atoms with Crippen LogP contribution in [0.5, 0.6) is 0 Å². The Hall–Kier alpha value is -2.11. The number of nitrogens with zero attached hydrogens (tertiary/aromatic N) is 2. The molecule has 5 nitrogen and oxygen atoms in total. The Labute approximate surface area is 160 Å². The Bertz CT molecular complexity index is 701. The van der Waals surface area contributed by atoms with Crippen LogP contribution in [0.2, 0.25) is 0 Å². The summed E-state index contributed by atoms with van der Waals surface area (Å²) in [5.41, 5.74) is 0.227. The lowest BCUT2D eigenvalue weighted by Gasteiger charge is -2.45. The van der Waals surface area contributed by atoms with E-state index in [1.807, 2.05) is 31.7 Å². The third-order valence-electron chi connectivity index (χ3n) is 5.22. The Morgan fingerprint density at radius 2 is 1.96 bits per heavy atom. The van der Waals surface area contributed by atoms with Crippen molar-refractivity contribution in [3.8, 4) is 0 Å². The number of amides is 2. The van der Waals surface area contributed by atoms with E-state index in [-0.39, 0.29) is 29.9 Å². The SMILES string of the molecule is CC(C)(C)OC(=O)N1CCCC2C1CCCC(=O)N2Cc1cccc(F)c1. The van der Waals surface area contributed by atoms with E-state index in [4.69, 9.17) is 4.74 Å². The van der Waals surface area contributed by atoms with Crippen molar-refractivity contribution in [1.29, 1.82) is 0 Å². The summed E-state index contributed by atoms with van der Waals surface area (Å²) in [5, 5.41) is 0. The maximum absolute atomic E-state index is 13.6. The molecule has 1 aromatic rings. The van der Waals surface area contributed by atoms with Crippen LogP contribution in [0.1, 0.15) is 58.4 Å². The number of halogens is 1. The average Bonchev–Trinajstić information content (AvgIpc) is 2.73. The average molecular weight is 376 g/mol. The highest BCUT2D eigenvalue weighted by molar-refractivity contribution is 5.77. The van der Waals surface area contributed by atoms with Crippen molar-refractivity contribution in [2.75, 3.05) is 6.54 Å². The molecule has 2 heterocycles. The van der Waals surface area contributed by atoms with Crippen LogP contribution in [-0.4, -0.2) is 46.0 Å². The fourth-order valence-electron chi connectivity index (χ4n) is 4.12. The number of fused-ring (bicyclic) bond motifs is 1. The second kappa shape index (κ2) is 7.87. The van der Waals surface area contributed by atoms with Crippen LogP contribution in [0.25, 0.3) is 0 Å². The van der Waals surface area contributed by atoms with Gasteiger partial charge in [-0.2, -0.15) is 0 Å². The zero-order valence-electron chi connectivity index (χ0n) is 16.4. The molecule has 0 aliphatic carbocycles. The van der Waals surface area contributed by atoms with Gasteiger partial charge in [0.25, 0.3) is 0 Å². The fourth-order valence-corrected chi connectivity index (χ4v) is 4.12. The van der Waals surface area contributed by atoms with Crippen molar-refractivity contribution in [3.05, 3.63) is 35.6 Å². The van der Waals surface area contributed by atoms with Gasteiger partial charge in [0.2, 0.25) is 5.91 Å². The number of ether oxygens (including phenoxy) is 1. The second-order valence-electron chi connectivity index (χ2n) is 8.49. The lowest BCUT2D eigenvalue weighted by atomic mass is 9.92. The largest absolute Gasteiger partial charge is 0.444 e. The number of hydrogen-bond donors (Lipinski definition) is 0. The molecule has 3 rings (SSSR count). The molecule has 2 fully saturated rings. The van der Waals surface area contributed by atoms with Crippen LogP contribution in [0, 0.1) is 5.82 Å². The minimum Gasteiger partial charge on any atom is -0.444 e.